The first-order valence-corrected chi connectivity index (χ1v) is 8.02. The maximum atomic E-state index is 10.4. The summed E-state index contributed by atoms with van der Waals surface area (Å²) in [5.74, 6) is 0.578. The number of benzene rings is 2. The molecule has 4 heteroatoms. The lowest BCUT2D eigenvalue weighted by atomic mass is 10.1. The van der Waals surface area contributed by atoms with E-state index >= 15 is 0 Å². The van der Waals surface area contributed by atoms with E-state index in [1.165, 1.54) is 17.5 Å². The lowest BCUT2D eigenvalue weighted by Crippen LogP contribution is -2.23. The minimum atomic E-state index is 0.542. The Kier molecular flexibility index (Phi) is 5.40. The van der Waals surface area contributed by atoms with E-state index in [0.717, 1.165) is 18.8 Å². The molecule has 0 saturated heterocycles. The molecule has 23 heavy (non-hydrogen) atoms. The van der Waals surface area contributed by atoms with E-state index in [1.807, 2.05) is 30.3 Å². The summed E-state index contributed by atoms with van der Waals surface area (Å²) in [5.41, 5.74) is 3.37. The van der Waals surface area contributed by atoms with E-state index in [4.69, 9.17) is 4.74 Å². The van der Waals surface area contributed by atoms with Gasteiger partial charge in [-0.2, -0.15) is 0 Å². The van der Waals surface area contributed by atoms with Crippen molar-refractivity contribution < 1.29 is 9.53 Å². The fourth-order valence-corrected chi connectivity index (χ4v) is 2.76. The molecule has 1 aliphatic carbocycles. The van der Waals surface area contributed by atoms with Gasteiger partial charge >= 0.3 is 0 Å². The molecule has 2 aromatic carbocycles. The van der Waals surface area contributed by atoms with Crippen molar-refractivity contribution in [2.45, 2.75) is 25.0 Å². The number of hydrogen-bond donors (Lipinski definition) is 2. The van der Waals surface area contributed by atoms with Gasteiger partial charge in [0.2, 0.25) is 6.41 Å². The quantitative estimate of drug-likeness (QED) is 0.553. The SMILES string of the molecule is O=CNc1ccc(C2CC2NCCOCc2ccccc2)cc1. The number of rotatable bonds is 9. The zero-order valence-corrected chi connectivity index (χ0v) is 13.1. The molecule has 2 N–H and O–H groups in total. The van der Waals surface area contributed by atoms with Gasteiger partial charge in [0.05, 0.1) is 13.2 Å². The molecular weight excluding hydrogens is 288 g/mol. The molecule has 2 atom stereocenters. The molecule has 0 bridgehead atoms. The fraction of sp³-hybridized carbons (Fsp3) is 0.316. The van der Waals surface area contributed by atoms with Crippen LogP contribution in [0, 0.1) is 0 Å². The van der Waals surface area contributed by atoms with Gasteiger partial charge in [0, 0.05) is 24.2 Å². The van der Waals surface area contributed by atoms with Gasteiger partial charge in [-0.15, -0.1) is 0 Å². The molecule has 0 aromatic heterocycles. The summed E-state index contributed by atoms with van der Waals surface area (Å²) in [6.07, 6.45) is 1.87. The number of carbonyl (C=O) groups is 1. The van der Waals surface area contributed by atoms with E-state index in [9.17, 15) is 4.79 Å². The molecule has 1 fully saturated rings. The van der Waals surface area contributed by atoms with Crippen LogP contribution in [0.3, 0.4) is 0 Å². The summed E-state index contributed by atoms with van der Waals surface area (Å²) >= 11 is 0. The summed E-state index contributed by atoms with van der Waals surface area (Å²) in [5, 5.41) is 6.19. The minimum absolute atomic E-state index is 0.542. The molecule has 3 rings (SSSR count). The van der Waals surface area contributed by atoms with Crippen molar-refractivity contribution in [3.63, 3.8) is 0 Å². The van der Waals surface area contributed by atoms with E-state index in [2.05, 4.69) is 34.9 Å². The third kappa shape index (κ3) is 4.65. The van der Waals surface area contributed by atoms with Crippen LogP contribution in [-0.4, -0.2) is 25.6 Å². The van der Waals surface area contributed by atoms with Gasteiger partial charge in [-0.1, -0.05) is 42.5 Å². The van der Waals surface area contributed by atoms with Gasteiger partial charge in [-0.3, -0.25) is 4.79 Å². The molecule has 0 spiro atoms. The normalized spacial score (nSPS) is 19.3. The third-order valence-electron chi connectivity index (χ3n) is 4.12. The van der Waals surface area contributed by atoms with Gasteiger partial charge in [0.25, 0.3) is 0 Å². The van der Waals surface area contributed by atoms with Crippen LogP contribution in [-0.2, 0) is 16.1 Å². The fourth-order valence-electron chi connectivity index (χ4n) is 2.76. The van der Waals surface area contributed by atoms with Gasteiger partial charge in [0.15, 0.2) is 0 Å². The van der Waals surface area contributed by atoms with Gasteiger partial charge in [0.1, 0.15) is 0 Å². The Morgan fingerprint density at radius 2 is 1.87 bits per heavy atom. The molecule has 0 radical (unpaired) electrons. The van der Waals surface area contributed by atoms with Crippen molar-refractivity contribution in [1.82, 2.24) is 5.32 Å². The number of amides is 1. The highest BCUT2D eigenvalue weighted by Gasteiger charge is 2.37. The van der Waals surface area contributed by atoms with Gasteiger partial charge < -0.3 is 15.4 Å². The Bertz CT molecular complexity index is 613. The highest BCUT2D eigenvalue weighted by molar-refractivity contribution is 5.71. The molecule has 1 saturated carbocycles. The summed E-state index contributed by atoms with van der Waals surface area (Å²) in [6, 6.07) is 18.8. The Hall–Kier alpha value is -2.17. The standard InChI is InChI=1S/C19H22N2O2/c22-14-21-17-8-6-16(7-9-17)18-12-19(18)20-10-11-23-13-15-4-2-1-3-5-15/h1-9,14,18-20H,10-13H2,(H,21,22). The highest BCUT2D eigenvalue weighted by atomic mass is 16.5. The van der Waals surface area contributed by atoms with E-state index in [0.29, 0.717) is 25.0 Å². The van der Waals surface area contributed by atoms with Crippen LogP contribution >= 0.6 is 0 Å². The Balaban J connectivity index is 1.33. The van der Waals surface area contributed by atoms with Crippen LogP contribution in [0.15, 0.2) is 54.6 Å². The monoisotopic (exact) mass is 310 g/mol. The van der Waals surface area contributed by atoms with Crippen molar-refractivity contribution in [1.29, 1.82) is 0 Å². The molecule has 4 nitrogen and oxygen atoms in total. The maximum Gasteiger partial charge on any atom is 0.211 e. The first kappa shape index (κ1) is 15.7. The predicted octanol–water partition coefficient (Wildman–Crippen LogP) is 2.92. The van der Waals surface area contributed by atoms with Crippen molar-refractivity contribution in [3.05, 3.63) is 65.7 Å². The van der Waals surface area contributed by atoms with Gasteiger partial charge in [-0.05, 0) is 29.7 Å². The number of anilines is 1. The summed E-state index contributed by atoms with van der Waals surface area (Å²) < 4.78 is 5.68. The Labute approximate surface area is 136 Å². The lowest BCUT2D eigenvalue weighted by Gasteiger charge is -2.07. The van der Waals surface area contributed by atoms with Gasteiger partial charge in [-0.25, -0.2) is 0 Å². The third-order valence-corrected chi connectivity index (χ3v) is 4.12. The number of ether oxygens (including phenoxy) is 1. The Morgan fingerprint density at radius 3 is 2.61 bits per heavy atom. The minimum Gasteiger partial charge on any atom is -0.375 e. The second kappa shape index (κ2) is 7.90. The topological polar surface area (TPSA) is 50.4 Å². The van der Waals surface area contributed by atoms with E-state index in [-0.39, 0.29) is 0 Å². The van der Waals surface area contributed by atoms with Crippen molar-refractivity contribution in [2.75, 3.05) is 18.5 Å². The highest BCUT2D eigenvalue weighted by Crippen LogP contribution is 2.40. The molecule has 0 aliphatic heterocycles. The number of nitrogens with one attached hydrogen (secondary N) is 2. The molecule has 2 unspecified atom stereocenters. The molecule has 2 aromatic rings. The number of hydrogen-bond acceptors (Lipinski definition) is 3. The van der Waals surface area contributed by atoms with Crippen LogP contribution in [0.1, 0.15) is 23.5 Å². The lowest BCUT2D eigenvalue weighted by molar-refractivity contribution is -0.105. The van der Waals surface area contributed by atoms with E-state index < -0.39 is 0 Å². The second-order valence-corrected chi connectivity index (χ2v) is 5.83. The van der Waals surface area contributed by atoms with Crippen LogP contribution in [0.2, 0.25) is 0 Å². The summed E-state index contributed by atoms with van der Waals surface area (Å²) in [4.78, 5) is 10.4. The molecule has 1 aliphatic rings. The van der Waals surface area contributed by atoms with Crippen molar-refractivity contribution >= 4 is 12.1 Å². The number of carbonyl (C=O) groups excluding carboxylic acids is 1. The maximum absolute atomic E-state index is 10.4. The smallest absolute Gasteiger partial charge is 0.211 e. The molecular formula is C19H22N2O2. The van der Waals surface area contributed by atoms with Crippen LogP contribution in [0.4, 0.5) is 5.69 Å². The largest absolute Gasteiger partial charge is 0.375 e. The average Bonchev–Trinajstić information content (AvgIpc) is 3.36. The molecule has 1 amide bonds. The summed E-state index contributed by atoms with van der Waals surface area (Å²) in [6.45, 7) is 2.26. The first-order valence-electron chi connectivity index (χ1n) is 8.02. The zero-order valence-electron chi connectivity index (χ0n) is 13.1. The average molecular weight is 310 g/mol. The second-order valence-electron chi connectivity index (χ2n) is 5.83. The molecule has 0 heterocycles. The zero-order chi connectivity index (χ0) is 15.9. The van der Waals surface area contributed by atoms with Crippen LogP contribution < -0.4 is 10.6 Å². The Morgan fingerprint density at radius 1 is 1.09 bits per heavy atom. The van der Waals surface area contributed by atoms with Crippen molar-refractivity contribution in [3.8, 4) is 0 Å². The predicted molar refractivity (Wildman–Crippen MR) is 91.4 cm³/mol. The first-order chi connectivity index (χ1) is 11.4. The van der Waals surface area contributed by atoms with Crippen LogP contribution in [0.5, 0.6) is 0 Å². The van der Waals surface area contributed by atoms with Crippen molar-refractivity contribution in [2.24, 2.45) is 0 Å². The summed E-state index contributed by atoms with van der Waals surface area (Å²) in [7, 11) is 0. The van der Waals surface area contributed by atoms with Crippen LogP contribution in [0.25, 0.3) is 0 Å². The van der Waals surface area contributed by atoms with E-state index in [1.54, 1.807) is 0 Å². The molecule has 120 valence electrons.